The maximum atomic E-state index is 2.52. The molecule has 2 aromatic heterocycles. The molecule has 2 aliphatic heterocycles. The summed E-state index contributed by atoms with van der Waals surface area (Å²) >= 11 is 3.82. The van der Waals surface area contributed by atoms with Gasteiger partial charge in [0.2, 0.25) is 0 Å². The van der Waals surface area contributed by atoms with Crippen LogP contribution in [0.25, 0.3) is 58.8 Å². The highest BCUT2D eigenvalue weighted by Gasteiger charge is 2.49. The number of hydrogen-bond donors (Lipinski definition) is 0. The first kappa shape index (κ1) is 25.1. The van der Waals surface area contributed by atoms with Crippen molar-refractivity contribution in [2.24, 2.45) is 0 Å². The van der Waals surface area contributed by atoms with Crippen LogP contribution in [0, 0.1) is 0 Å². The fourth-order valence-corrected chi connectivity index (χ4v) is 10.9. The highest BCUT2D eigenvalue weighted by molar-refractivity contribution is 7.99. The van der Waals surface area contributed by atoms with Gasteiger partial charge in [-0.25, -0.2) is 0 Å². The van der Waals surface area contributed by atoms with E-state index in [0.29, 0.717) is 0 Å². The molecule has 0 saturated heterocycles. The average molecular weight is 620 g/mol. The molecule has 11 rings (SSSR count). The number of fused-ring (bicyclic) bond motifs is 14. The Labute approximate surface area is 274 Å². The van der Waals surface area contributed by atoms with Gasteiger partial charge in [-0.1, -0.05) is 133 Å². The molecular formula is C43H25NS2. The largest absolute Gasteiger partial charge is 0.309 e. The standard InChI is InChI=1S/C43H25NS2/c1-5-19-36-28(11-1)30-14-10-18-35-41(30)44(36)37-20-6-3-16-32(37)43(35)33-17-4-8-22-39(33)45-40-25-26(23-24-34(40)43)27-13-9-15-31-29-12-2-7-21-38(29)46-42(27)31/h1-25H. The zero-order valence-electron chi connectivity index (χ0n) is 24.7. The summed E-state index contributed by atoms with van der Waals surface area (Å²) in [6.45, 7) is 0. The molecule has 0 saturated carbocycles. The van der Waals surface area contributed by atoms with E-state index in [9.17, 15) is 0 Å². The third kappa shape index (κ3) is 3.03. The SMILES string of the molecule is c1ccc2c(c1)Sc1cc(-c3cccc4c3sc3ccccc34)ccc1C21c2ccccc2-n2c3ccccc3c3cccc1c32. The van der Waals surface area contributed by atoms with Crippen molar-refractivity contribution in [2.45, 2.75) is 15.2 Å². The number of benzene rings is 7. The number of aromatic nitrogens is 1. The minimum atomic E-state index is -0.445. The van der Waals surface area contributed by atoms with Gasteiger partial charge in [0.25, 0.3) is 0 Å². The Morgan fingerprint density at radius 1 is 0.478 bits per heavy atom. The van der Waals surface area contributed by atoms with Gasteiger partial charge < -0.3 is 4.57 Å². The van der Waals surface area contributed by atoms with E-state index in [4.69, 9.17) is 0 Å². The Kier molecular flexibility index (Phi) is 4.92. The summed E-state index contributed by atoms with van der Waals surface area (Å²) in [5, 5.41) is 5.29. The second-order valence-corrected chi connectivity index (χ2v) is 14.5. The summed E-state index contributed by atoms with van der Waals surface area (Å²) < 4.78 is 5.21. The van der Waals surface area contributed by atoms with Gasteiger partial charge in [0, 0.05) is 40.7 Å². The van der Waals surface area contributed by atoms with Crippen LogP contribution in [0.2, 0.25) is 0 Å². The third-order valence-corrected chi connectivity index (χ3v) is 12.6. The second kappa shape index (κ2) is 9.01. The summed E-state index contributed by atoms with van der Waals surface area (Å²) in [6, 6.07) is 56.9. The van der Waals surface area contributed by atoms with Crippen LogP contribution in [-0.4, -0.2) is 4.57 Å². The lowest BCUT2D eigenvalue weighted by Crippen LogP contribution is -2.37. The van der Waals surface area contributed by atoms with Crippen molar-refractivity contribution in [3.63, 3.8) is 0 Å². The first-order valence-electron chi connectivity index (χ1n) is 15.8. The molecule has 4 heterocycles. The zero-order valence-corrected chi connectivity index (χ0v) is 26.3. The van der Waals surface area contributed by atoms with Crippen LogP contribution >= 0.6 is 23.1 Å². The molecule has 3 heteroatoms. The monoisotopic (exact) mass is 619 g/mol. The number of hydrogen-bond acceptors (Lipinski definition) is 2. The van der Waals surface area contributed by atoms with E-state index >= 15 is 0 Å². The second-order valence-electron chi connectivity index (χ2n) is 12.4. The van der Waals surface area contributed by atoms with Crippen molar-refractivity contribution in [3.05, 3.63) is 174 Å². The molecule has 214 valence electrons. The highest BCUT2D eigenvalue weighted by Crippen LogP contribution is 2.60. The van der Waals surface area contributed by atoms with Crippen LogP contribution in [0.3, 0.4) is 0 Å². The molecule has 46 heavy (non-hydrogen) atoms. The number of rotatable bonds is 1. The number of thiophene rings is 1. The molecule has 1 unspecified atom stereocenters. The van der Waals surface area contributed by atoms with Crippen molar-refractivity contribution in [1.82, 2.24) is 4.57 Å². The normalized spacial score (nSPS) is 16.3. The van der Waals surface area contributed by atoms with Crippen molar-refractivity contribution in [3.8, 4) is 16.8 Å². The summed E-state index contributed by atoms with van der Waals surface area (Å²) in [5.74, 6) is 0. The minimum Gasteiger partial charge on any atom is -0.309 e. The van der Waals surface area contributed by atoms with Crippen molar-refractivity contribution < 1.29 is 0 Å². The fraction of sp³-hybridized carbons (Fsp3) is 0.0233. The van der Waals surface area contributed by atoms with Gasteiger partial charge in [0.05, 0.1) is 22.1 Å². The molecule has 0 radical (unpaired) electrons. The molecule has 2 aliphatic rings. The van der Waals surface area contributed by atoms with Gasteiger partial charge >= 0.3 is 0 Å². The van der Waals surface area contributed by atoms with Crippen LogP contribution in [-0.2, 0) is 5.41 Å². The Morgan fingerprint density at radius 2 is 1.17 bits per heavy atom. The summed E-state index contributed by atoms with van der Waals surface area (Å²) in [6.07, 6.45) is 0. The fourth-order valence-electron chi connectivity index (χ4n) is 8.47. The maximum absolute atomic E-state index is 2.52. The van der Waals surface area contributed by atoms with Crippen LogP contribution in [0.4, 0.5) is 0 Å². The minimum absolute atomic E-state index is 0.445. The third-order valence-electron chi connectivity index (χ3n) is 10.3. The van der Waals surface area contributed by atoms with Crippen molar-refractivity contribution >= 4 is 65.1 Å². The van der Waals surface area contributed by atoms with E-state index in [0.717, 1.165) is 0 Å². The molecule has 0 aliphatic carbocycles. The Balaban J connectivity index is 1.26. The molecule has 0 fully saturated rings. The van der Waals surface area contributed by atoms with E-state index in [1.165, 1.54) is 90.8 Å². The average Bonchev–Trinajstić information content (AvgIpc) is 3.67. The van der Waals surface area contributed by atoms with Crippen molar-refractivity contribution in [1.29, 1.82) is 0 Å². The van der Waals surface area contributed by atoms with E-state index < -0.39 is 5.41 Å². The van der Waals surface area contributed by atoms with Gasteiger partial charge in [-0.05, 0) is 63.7 Å². The first-order chi connectivity index (χ1) is 22.8. The molecule has 1 spiro atoms. The molecule has 0 bridgehead atoms. The highest BCUT2D eigenvalue weighted by atomic mass is 32.2. The van der Waals surface area contributed by atoms with E-state index in [1.54, 1.807) is 0 Å². The lowest BCUT2D eigenvalue weighted by molar-refractivity contribution is 0.690. The van der Waals surface area contributed by atoms with E-state index in [1.807, 2.05) is 23.1 Å². The lowest BCUT2D eigenvalue weighted by atomic mass is 9.62. The van der Waals surface area contributed by atoms with Gasteiger partial charge in [0.15, 0.2) is 0 Å². The lowest BCUT2D eigenvalue weighted by Gasteiger charge is -2.45. The van der Waals surface area contributed by atoms with E-state index in [-0.39, 0.29) is 0 Å². The molecule has 1 nitrogen and oxygen atoms in total. The smallest absolute Gasteiger partial charge is 0.0764 e. The summed E-state index contributed by atoms with van der Waals surface area (Å²) in [7, 11) is 0. The number of nitrogens with zero attached hydrogens (tertiary/aromatic N) is 1. The van der Waals surface area contributed by atoms with Gasteiger partial charge in [0.1, 0.15) is 0 Å². The van der Waals surface area contributed by atoms with Gasteiger partial charge in [-0.3, -0.25) is 0 Å². The van der Waals surface area contributed by atoms with Crippen LogP contribution in [0.1, 0.15) is 22.3 Å². The number of para-hydroxylation sites is 3. The molecular weight excluding hydrogens is 595 g/mol. The Morgan fingerprint density at radius 3 is 2.13 bits per heavy atom. The Bertz CT molecular complexity index is 2750. The summed E-state index contributed by atoms with van der Waals surface area (Å²) in [5.41, 5.74) is 11.4. The topological polar surface area (TPSA) is 4.93 Å². The predicted octanol–water partition coefficient (Wildman–Crippen LogP) is 12.0. The Hall–Kier alpha value is -5.09. The predicted molar refractivity (Wildman–Crippen MR) is 195 cm³/mol. The maximum Gasteiger partial charge on any atom is 0.0764 e. The molecule has 7 aromatic carbocycles. The molecule has 1 atom stereocenters. The van der Waals surface area contributed by atoms with Gasteiger partial charge in [-0.2, -0.15) is 0 Å². The van der Waals surface area contributed by atoms with Crippen LogP contribution in [0.15, 0.2) is 161 Å². The zero-order chi connectivity index (χ0) is 30.0. The molecule has 0 amide bonds. The van der Waals surface area contributed by atoms with Crippen molar-refractivity contribution in [2.75, 3.05) is 0 Å². The molecule has 9 aromatic rings. The van der Waals surface area contributed by atoms with Crippen LogP contribution < -0.4 is 0 Å². The van der Waals surface area contributed by atoms with Gasteiger partial charge in [-0.15, -0.1) is 11.3 Å². The van der Waals surface area contributed by atoms with Crippen LogP contribution in [0.5, 0.6) is 0 Å². The molecule has 0 N–H and O–H groups in total. The first-order valence-corrected chi connectivity index (χ1v) is 17.4. The quantitative estimate of drug-likeness (QED) is 0.177. The van der Waals surface area contributed by atoms with E-state index in [2.05, 4.69) is 156 Å². The summed E-state index contributed by atoms with van der Waals surface area (Å²) in [4.78, 5) is 2.65.